The quantitative estimate of drug-likeness (QED) is 0.611. The molecule has 0 aliphatic carbocycles. The minimum Gasteiger partial charge on any atom is -0.497 e. The Kier molecular flexibility index (Phi) is 4.51. The molecule has 0 atom stereocenters. The highest BCUT2D eigenvalue weighted by Gasteiger charge is 2.11. The van der Waals surface area contributed by atoms with Gasteiger partial charge in [0.1, 0.15) is 5.75 Å². The smallest absolute Gasteiger partial charge is 0.253 e. The summed E-state index contributed by atoms with van der Waals surface area (Å²) in [6.07, 6.45) is 0. The Morgan fingerprint density at radius 2 is 2.11 bits per heavy atom. The predicted octanol–water partition coefficient (Wildman–Crippen LogP) is -0.704. The van der Waals surface area contributed by atoms with Crippen LogP contribution in [0.5, 0.6) is 5.75 Å². The van der Waals surface area contributed by atoms with Gasteiger partial charge in [0.25, 0.3) is 5.91 Å². The van der Waals surface area contributed by atoms with Gasteiger partial charge < -0.3 is 15.8 Å². The third-order valence-electron chi connectivity index (χ3n) is 2.18. The number of nitrogens with one attached hydrogen (secondary N) is 1. The zero-order chi connectivity index (χ0) is 13.8. The molecule has 0 heterocycles. The van der Waals surface area contributed by atoms with Crippen molar-refractivity contribution in [2.75, 3.05) is 25.1 Å². The Balaban J connectivity index is 2.72. The second-order valence-corrected chi connectivity index (χ2v) is 5.31. The number of carbonyl (C=O) groups excluding carboxylic acids is 1. The minimum atomic E-state index is -3.60. The molecular weight excluding hydrogens is 258 g/mol. The van der Waals surface area contributed by atoms with Crippen LogP contribution in [0.2, 0.25) is 0 Å². The highest BCUT2D eigenvalue weighted by Crippen LogP contribution is 2.19. The summed E-state index contributed by atoms with van der Waals surface area (Å²) in [5.74, 6) is -0.321. The SMILES string of the molecule is COc1ccc(N)c(C(=O)NCCS(N)(=O)=O)c1. The Labute approximate surface area is 105 Å². The molecule has 8 heteroatoms. The number of primary sulfonamides is 1. The van der Waals surface area contributed by atoms with Crippen LogP contribution in [0.4, 0.5) is 5.69 Å². The topological polar surface area (TPSA) is 125 Å². The normalized spacial score (nSPS) is 11.0. The molecule has 0 unspecified atom stereocenters. The van der Waals surface area contributed by atoms with E-state index >= 15 is 0 Å². The van der Waals surface area contributed by atoms with Crippen LogP contribution in [0.15, 0.2) is 18.2 Å². The molecule has 0 spiro atoms. The van der Waals surface area contributed by atoms with E-state index in [1.54, 1.807) is 6.07 Å². The molecule has 1 aromatic carbocycles. The van der Waals surface area contributed by atoms with Gasteiger partial charge in [-0.05, 0) is 18.2 Å². The highest BCUT2D eigenvalue weighted by molar-refractivity contribution is 7.89. The van der Waals surface area contributed by atoms with E-state index in [2.05, 4.69) is 5.32 Å². The Morgan fingerprint density at radius 1 is 1.44 bits per heavy atom. The number of carbonyl (C=O) groups is 1. The number of rotatable bonds is 5. The zero-order valence-electron chi connectivity index (χ0n) is 9.84. The highest BCUT2D eigenvalue weighted by atomic mass is 32.2. The van der Waals surface area contributed by atoms with E-state index in [1.165, 1.54) is 19.2 Å². The van der Waals surface area contributed by atoms with E-state index in [0.29, 0.717) is 5.75 Å². The summed E-state index contributed by atoms with van der Waals surface area (Å²) in [6, 6.07) is 4.63. The second kappa shape index (κ2) is 5.69. The molecule has 1 amide bonds. The van der Waals surface area contributed by atoms with Crippen LogP contribution in [0.25, 0.3) is 0 Å². The van der Waals surface area contributed by atoms with Crippen LogP contribution in [0.1, 0.15) is 10.4 Å². The van der Waals surface area contributed by atoms with Crippen LogP contribution < -0.4 is 20.9 Å². The maximum atomic E-state index is 11.7. The average Bonchev–Trinajstić information content (AvgIpc) is 2.27. The lowest BCUT2D eigenvalue weighted by Crippen LogP contribution is -2.31. The Hall–Kier alpha value is -1.80. The number of hydrogen-bond donors (Lipinski definition) is 3. The first kappa shape index (κ1) is 14.3. The fourth-order valence-corrected chi connectivity index (χ4v) is 1.65. The van der Waals surface area contributed by atoms with Crippen molar-refractivity contribution in [3.63, 3.8) is 0 Å². The molecule has 0 aliphatic heterocycles. The van der Waals surface area contributed by atoms with Crippen molar-refractivity contribution in [2.24, 2.45) is 5.14 Å². The number of nitrogens with two attached hydrogens (primary N) is 2. The number of benzene rings is 1. The van der Waals surface area contributed by atoms with Crippen LogP contribution in [-0.2, 0) is 10.0 Å². The van der Waals surface area contributed by atoms with Gasteiger partial charge in [0.15, 0.2) is 0 Å². The number of sulfonamides is 1. The van der Waals surface area contributed by atoms with Crippen LogP contribution in [0.3, 0.4) is 0 Å². The Morgan fingerprint density at radius 3 is 2.67 bits per heavy atom. The van der Waals surface area contributed by atoms with Crippen LogP contribution in [-0.4, -0.2) is 33.7 Å². The summed E-state index contributed by atoms with van der Waals surface area (Å²) in [5.41, 5.74) is 6.15. The second-order valence-electron chi connectivity index (χ2n) is 3.58. The number of amides is 1. The zero-order valence-corrected chi connectivity index (χ0v) is 10.7. The third kappa shape index (κ3) is 4.22. The fourth-order valence-electron chi connectivity index (χ4n) is 1.26. The first-order chi connectivity index (χ1) is 8.33. The molecule has 1 aromatic rings. The summed E-state index contributed by atoms with van der Waals surface area (Å²) in [4.78, 5) is 11.7. The van der Waals surface area contributed by atoms with Gasteiger partial charge in [-0.2, -0.15) is 0 Å². The maximum Gasteiger partial charge on any atom is 0.253 e. The first-order valence-electron chi connectivity index (χ1n) is 5.05. The Bertz CT molecular complexity index is 542. The van der Waals surface area contributed by atoms with Crippen molar-refractivity contribution in [1.82, 2.24) is 5.32 Å². The molecule has 0 radical (unpaired) electrons. The minimum absolute atomic E-state index is 0.0751. The van der Waals surface area contributed by atoms with E-state index in [0.717, 1.165) is 0 Å². The van der Waals surface area contributed by atoms with Gasteiger partial charge in [-0.3, -0.25) is 4.79 Å². The van der Waals surface area contributed by atoms with Gasteiger partial charge in [-0.15, -0.1) is 0 Å². The average molecular weight is 273 g/mol. The lowest BCUT2D eigenvalue weighted by molar-refractivity contribution is 0.0956. The van der Waals surface area contributed by atoms with Crippen LogP contribution >= 0.6 is 0 Å². The lowest BCUT2D eigenvalue weighted by Gasteiger charge is -2.08. The van der Waals surface area contributed by atoms with Gasteiger partial charge >= 0.3 is 0 Å². The van der Waals surface area contributed by atoms with Crippen molar-refractivity contribution < 1.29 is 17.9 Å². The third-order valence-corrected chi connectivity index (χ3v) is 2.95. The van der Waals surface area contributed by atoms with E-state index in [1.807, 2.05) is 0 Å². The molecule has 1 rings (SSSR count). The number of anilines is 1. The van der Waals surface area contributed by atoms with Gasteiger partial charge in [0.2, 0.25) is 10.0 Å². The summed E-state index contributed by atoms with van der Waals surface area (Å²) in [5, 5.41) is 7.23. The summed E-state index contributed by atoms with van der Waals surface area (Å²) < 4.78 is 26.4. The van der Waals surface area contributed by atoms with Crippen molar-refractivity contribution in [3.05, 3.63) is 23.8 Å². The summed E-state index contributed by atoms with van der Waals surface area (Å²) >= 11 is 0. The molecule has 0 aromatic heterocycles. The molecule has 5 N–H and O–H groups in total. The van der Waals surface area contributed by atoms with Gasteiger partial charge in [-0.25, -0.2) is 13.6 Å². The monoisotopic (exact) mass is 273 g/mol. The molecular formula is C10H15N3O4S. The van der Waals surface area contributed by atoms with E-state index in [9.17, 15) is 13.2 Å². The van der Waals surface area contributed by atoms with E-state index in [4.69, 9.17) is 15.6 Å². The van der Waals surface area contributed by atoms with E-state index in [-0.39, 0.29) is 23.5 Å². The molecule has 0 saturated carbocycles. The predicted molar refractivity (Wildman–Crippen MR) is 67.7 cm³/mol. The number of nitrogen functional groups attached to an aromatic ring is 1. The number of ether oxygens (including phenoxy) is 1. The summed E-state index contributed by atoms with van der Waals surface area (Å²) in [6.45, 7) is -0.0751. The van der Waals surface area contributed by atoms with Crippen molar-refractivity contribution in [3.8, 4) is 5.75 Å². The van der Waals surface area contributed by atoms with Gasteiger partial charge in [0.05, 0.1) is 18.4 Å². The van der Waals surface area contributed by atoms with E-state index < -0.39 is 15.9 Å². The van der Waals surface area contributed by atoms with Gasteiger partial charge in [-0.1, -0.05) is 0 Å². The number of methoxy groups -OCH3 is 1. The summed E-state index contributed by atoms with van der Waals surface area (Å²) in [7, 11) is -2.13. The lowest BCUT2D eigenvalue weighted by atomic mass is 10.1. The van der Waals surface area contributed by atoms with Crippen molar-refractivity contribution >= 4 is 21.6 Å². The van der Waals surface area contributed by atoms with Crippen molar-refractivity contribution in [1.29, 1.82) is 0 Å². The molecule has 18 heavy (non-hydrogen) atoms. The fraction of sp³-hybridized carbons (Fsp3) is 0.300. The molecule has 0 aliphatic rings. The first-order valence-corrected chi connectivity index (χ1v) is 6.77. The van der Waals surface area contributed by atoms with Crippen molar-refractivity contribution in [2.45, 2.75) is 0 Å². The molecule has 100 valence electrons. The number of hydrogen-bond acceptors (Lipinski definition) is 5. The molecule has 0 fully saturated rings. The van der Waals surface area contributed by atoms with Crippen LogP contribution in [0, 0.1) is 0 Å². The maximum absolute atomic E-state index is 11.7. The standard InChI is InChI=1S/C10H15N3O4S/c1-17-7-2-3-9(11)8(6-7)10(14)13-4-5-18(12,15)16/h2-3,6H,4-5,11H2,1H3,(H,13,14)(H2,12,15,16). The largest absolute Gasteiger partial charge is 0.497 e. The van der Waals surface area contributed by atoms with Gasteiger partial charge in [0, 0.05) is 12.2 Å². The molecule has 0 saturated heterocycles. The molecule has 7 nitrogen and oxygen atoms in total. The molecule has 0 bridgehead atoms.